The highest BCUT2D eigenvalue weighted by molar-refractivity contribution is 7.89. The number of nitrogens with zero attached hydrogens (tertiary/aromatic N) is 3. The number of rotatable bonds is 4. The highest BCUT2D eigenvalue weighted by Gasteiger charge is 2.35. The maximum atomic E-state index is 12.8. The Balaban J connectivity index is 1.76. The van der Waals surface area contributed by atoms with Crippen LogP contribution in [0.15, 0.2) is 23.1 Å². The van der Waals surface area contributed by atoms with Crippen molar-refractivity contribution in [3.63, 3.8) is 0 Å². The molecule has 2 saturated heterocycles. The average Bonchev–Trinajstić information content (AvgIpc) is 3.06. The van der Waals surface area contributed by atoms with E-state index in [1.54, 1.807) is 6.92 Å². The molecule has 1 N–H and O–H groups in total. The molecule has 9 heteroatoms. The van der Waals surface area contributed by atoms with E-state index in [9.17, 15) is 18.5 Å². The molecule has 2 heterocycles. The van der Waals surface area contributed by atoms with Gasteiger partial charge in [0.25, 0.3) is 5.69 Å². The van der Waals surface area contributed by atoms with Crippen molar-refractivity contribution in [1.82, 2.24) is 14.5 Å². The van der Waals surface area contributed by atoms with Crippen LogP contribution in [0.4, 0.5) is 5.69 Å². The number of hydrogen-bond donors (Lipinski definition) is 1. The molecule has 1 aromatic rings. The third-order valence-electron chi connectivity index (χ3n) is 4.80. The summed E-state index contributed by atoms with van der Waals surface area (Å²) in [6.45, 7) is 6.29. The quantitative estimate of drug-likeness (QED) is 0.627. The Morgan fingerprint density at radius 3 is 2.58 bits per heavy atom. The largest absolute Gasteiger partial charge is 0.314 e. The van der Waals surface area contributed by atoms with Crippen LogP contribution in [-0.4, -0.2) is 67.9 Å². The van der Waals surface area contributed by atoms with Gasteiger partial charge in [-0.3, -0.25) is 15.0 Å². The van der Waals surface area contributed by atoms with Crippen molar-refractivity contribution >= 4 is 15.7 Å². The summed E-state index contributed by atoms with van der Waals surface area (Å²) in [6, 6.07) is 4.25. The van der Waals surface area contributed by atoms with Crippen molar-refractivity contribution in [1.29, 1.82) is 0 Å². The van der Waals surface area contributed by atoms with E-state index in [1.807, 2.05) is 0 Å². The number of nitrogens with one attached hydrogen (secondary N) is 1. The van der Waals surface area contributed by atoms with Crippen LogP contribution in [0.1, 0.15) is 12.0 Å². The molecule has 0 aliphatic carbocycles. The highest BCUT2D eigenvalue weighted by atomic mass is 32.2. The summed E-state index contributed by atoms with van der Waals surface area (Å²) in [7, 11) is -3.61. The number of piperazine rings is 1. The molecule has 0 bridgehead atoms. The lowest BCUT2D eigenvalue weighted by Gasteiger charge is -2.32. The second-order valence-corrected chi connectivity index (χ2v) is 8.23. The van der Waals surface area contributed by atoms with Crippen molar-refractivity contribution in [3.05, 3.63) is 33.9 Å². The van der Waals surface area contributed by atoms with Gasteiger partial charge in [-0.15, -0.1) is 0 Å². The van der Waals surface area contributed by atoms with E-state index < -0.39 is 14.9 Å². The summed E-state index contributed by atoms with van der Waals surface area (Å²) >= 11 is 0. The molecular weight excluding hydrogens is 332 g/mol. The maximum Gasteiger partial charge on any atom is 0.272 e. The van der Waals surface area contributed by atoms with E-state index in [0.717, 1.165) is 32.6 Å². The smallest absolute Gasteiger partial charge is 0.272 e. The van der Waals surface area contributed by atoms with Gasteiger partial charge in [0.1, 0.15) is 0 Å². The summed E-state index contributed by atoms with van der Waals surface area (Å²) in [5.74, 6) is 0. The minimum atomic E-state index is -3.61. The van der Waals surface area contributed by atoms with Crippen LogP contribution < -0.4 is 5.32 Å². The minimum Gasteiger partial charge on any atom is -0.314 e. The highest BCUT2D eigenvalue weighted by Crippen LogP contribution is 2.27. The molecular formula is C15H22N4O4S. The fourth-order valence-electron chi connectivity index (χ4n) is 3.42. The third kappa shape index (κ3) is 3.30. The number of nitro benzene ring substituents is 1. The van der Waals surface area contributed by atoms with Gasteiger partial charge in [-0.25, -0.2) is 8.42 Å². The molecule has 1 aromatic carbocycles. The fraction of sp³-hybridized carbons (Fsp3) is 0.600. The lowest BCUT2D eigenvalue weighted by molar-refractivity contribution is -0.385. The van der Waals surface area contributed by atoms with E-state index in [2.05, 4.69) is 10.2 Å². The van der Waals surface area contributed by atoms with E-state index in [4.69, 9.17) is 0 Å². The Bertz CT molecular complexity index is 731. The summed E-state index contributed by atoms with van der Waals surface area (Å²) < 4.78 is 27.1. The topological polar surface area (TPSA) is 95.8 Å². The molecule has 0 radical (unpaired) electrons. The summed E-state index contributed by atoms with van der Waals surface area (Å²) in [4.78, 5) is 12.9. The molecule has 1 unspecified atom stereocenters. The average molecular weight is 354 g/mol. The molecule has 3 rings (SSSR count). The zero-order chi connectivity index (χ0) is 17.3. The van der Waals surface area contributed by atoms with Gasteiger partial charge in [-0.1, -0.05) is 0 Å². The maximum absolute atomic E-state index is 12.8. The van der Waals surface area contributed by atoms with Crippen LogP contribution >= 0.6 is 0 Å². The fourth-order valence-corrected chi connectivity index (χ4v) is 4.99. The van der Waals surface area contributed by atoms with Gasteiger partial charge in [-0.2, -0.15) is 4.31 Å². The summed E-state index contributed by atoms with van der Waals surface area (Å²) in [6.07, 6.45) is 0.825. The molecule has 0 amide bonds. The SMILES string of the molecule is Cc1cc(S(=O)(=O)N2CCC(N3CCNCC3)C2)ccc1[N+](=O)[O-]. The van der Waals surface area contributed by atoms with Gasteiger partial charge < -0.3 is 5.32 Å². The van der Waals surface area contributed by atoms with Gasteiger partial charge in [0, 0.05) is 56.9 Å². The Kier molecular flexibility index (Phi) is 4.86. The molecule has 24 heavy (non-hydrogen) atoms. The van der Waals surface area contributed by atoms with Crippen LogP contribution in [0.5, 0.6) is 0 Å². The van der Waals surface area contributed by atoms with Crippen LogP contribution in [0, 0.1) is 17.0 Å². The summed E-state index contributed by atoms with van der Waals surface area (Å²) in [5.41, 5.74) is 0.299. The van der Waals surface area contributed by atoms with Gasteiger partial charge in [0.05, 0.1) is 9.82 Å². The number of benzene rings is 1. The first-order valence-corrected chi connectivity index (χ1v) is 9.53. The Labute approximate surface area is 141 Å². The second-order valence-electron chi connectivity index (χ2n) is 6.30. The van der Waals surface area contributed by atoms with Crippen LogP contribution in [0.25, 0.3) is 0 Å². The monoisotopic (exact) mass is 354 g/mol. The molecule has 0 spiro atoms. The van der Waals surface area contributed by atoms with E-state index in [0.29, 0.717) is 18.7 Å². The Hall–Kier alpha value is -1.55. The number of aryl methyl sites for hydroxylation is 1. The predicted molar refractivity (Wildman–Crippen MR) is 89.4 cm³/mol. The van der Waals surface area contributed by atoms with Gasteiger partial charge in [0.2, 0.25) is 10.0 Å². The van der Waals surface area contributed by atoms with Crippen molar-refractivity contribution in [2.45, 2.75) is 24.3 Å². The molecule has 0 aromatic heterocycles. The zero-order valence-corrected chi connectivity index (χ0v) is 14.5. The molecule has 132 valence electrons. The van der Waals surface area contributed by atoms with E-state index >= 15 is 0 Å². The zero-order valence-electron chi connectivity index (χ0n) is 13.6. The van der Waals surface area contributed by atoms with Crippen molar-refractivity contribution < 1.29 is 13.3 Å². The predicted octanol–water partition coefficient (Wildman–Crippen LogP) is 0.571. The first-order valence-electron chi connectivity index (χ1n) is 8.09. The van der Waals surface area contributed by atoms with Crippen molar-refractivity contribution in [2.24, 2.45) is 0 Å². The van der Waals surface area contributed by atoms with Crippen molar-refractivity contribution in [3.8, 4) is 0 Å². The van der Waals surface area contributed by atoms with Crippen LogP contribution in [0.2, 0.25) is 0 Å². The molecule has 2 fully saturated rings. The lowest BCUT2D eigenvalue weighted by Crippen LogP contribution is -2.49. The first-order chi connectivity index (χ1) is 11.4. The number of hydrogen-bond acceptors (Lipinski definition) is 6. The Morgan fingerprint density at radius 1 is 1.25 bits per heavy atom. The normalized spacial score (nSPS) is 23.5. The first kappa shape index (κ1) is 17.3. The second kappa shape index (κ2) is 6.75. The minimum absolute atomic E-state index is 0.0611. The standard InChI is InChI=1S/C15H22N4O4S/c1-12-10-14(2-3-15(12)19(20)21)24(22,23)18-7-4-13(11-18)17-8-5-16-6-9-17/h2-3,10,13,16H,4-9,11H2,1H3. The molecule has 8 nitrogen and oxygen atoms in total. The van der Waals surface area contributed by atoms with E-state index in [-0.39, 0.29) is 16.6 Å². The lowest BCUT2D eigenvalue weighted by atomic mass is 10.2. The Morgan fingerprint density at radius 2 is 1.96 bits per heavy atom. The molecule has 0 saturated carbocycles. The van der Waals surface area contributed by atoms with Crippen LogP contribution in [-0.2, 0) is 10.0 Å². The third-order valence-corrected chi connectivity index (χ3v) is 6.66. The molecule has 2 aliphatic rings. The number of sulfonamides is 1. The van der Waals surface area contributed by atoms with Crippen LogP contribution in [0.3, 0.4) is 0 Å². The van der Waals surface area contributed by atoms with E-state index in [1.165, 1.54) is 22.5 Å². The molecule has 1 atom stereocenters. The van der Waals surface area contributed by atoms with Gasteiger partial charge in [0.15, 0.2) is 0 Å². The summed E-state index contributed by atoms with van der Waals surface area (Å²) in [5, 5.41) is 14.2. The molecule has 2 aliphatic heterocycles. The number of nitro groups is 1. The van der Waals surface area contributed by atoms with Crippen molar-refractivity contribution in [2.75, 3.05) is 39.3 Å². The van der Waals surface area contributed by atoms with Gasteiger partial charge >= 0.3 is 0 Å². The van der Waals surface area contributed by atoms with Gasteiger partial charge in [-0.05, 0) is 25.5 Å².